The highest BCUT2D eigenvalue weighted by atomic mass is 32.2. The second-order valence-corrected chi connectivity index (χ2v) is 4.98. The van der Waals surface area contributed by atoms with Crippen LogP contribution in [0, 0.1) is 5.92 Å². The highest BCUT2D eigenvalue weighted by molar-refractivity contribution is 8.04. The summed E-state index contributed by atoms with van der Waals surface area (Å²) in [6.45, 7) is 1.63. The lowest BCUT2D eigenvalue weighted by Crippen LogP contribution is -2.60. The van der Waals surface area contributed by atoms with Crippen LogP contribution in [0.4, 0.5) is 0 Å². The molecule has 0 spiro atoms. The van der Waals surface area contributed by atoms with Gasteiger partial charge >= 0.3 is 5.97 Å². The third kappa shape index (κ3) is 1.82. The van der Waals surface area contributed by atoms with Crippen LogP contribution in [0.3, 0.4) is 0 Å². The predicted octanol–water partition coefficient (Wildman–Crippen LogP) is -1.67. The fraction of sp³-hybridized carbons (Fsp3) is 0.556. The van der Waals surface area contributed by atoms with Crippen LogP contribution in [0.5, 0.6) is 0 Å². The summed E-state index contributed by atoms with van der Waals surface area (Å²) in [7, 11) is 0. The summed E-state index contributed by atoms with van der Waals surface area (Å²) >= 11 is 1.26. The van der Waals surface area contributed by atoms with Gasteiger partial charge in [0.15, 0.2) is 0 Å². The van der Waals surface area contributed by atoms with Gasteiger partial charge in [0.25, 0.3) is 0 Å². The number of nitrogens with zero attached hydrogens (tertiary/aromatic N) is 1. The second kappa shape index (κ2) is 4.65. The maximum atomic E-state index is 11.7. The number of carboxylic acids is 1. The Labute approximate surface area is 102 Å². The van der Waals surface area contributed by atoms with Gasteiger partial charge < -0.3 is 21.4 Å². The Morgan fingerprint density at radius 1 is 1.65 bits per heavy atom. The molecule has 0 aromatic carbocycles. The summed E-state index contributed by atoms with van der Waals surface area (Å²) in [4.78, 5) is 24.4. The van der Waals surface area contributed by atoms with Crippen LogP contribution < -0.4 is 5.73 Å². The second-order valence-electron chi connectivity index (χ2n) is 3.76. The minimum Gasteiger partial charge on any atom is -0.477 e. The van der Waals surface area contributed by atoms with Gasteiger partial charge in [0.2, 0.25) is 5.91 Å². The van der Waals surface area contributed by atoms with Crippen LogP contribution in [0.1, 0.15) is 6.92 Å². The number of hydrogen-bond acceptors (Lipinski definition) is 5. The molecule has 96 valence electrons. The topological polar surface area (TPSA) is 135 Å². The van der Waals surface area contributed by atoms with Gasteiger partial charge in [-0.1, -0.05) is 0 Å². The summed E-state index contributed by atoms with van der Waals surface area (Å²) in [6, 6.07) is 0. The van der Waals surface area contributed by atoms with Crippen LogP contribution in [0.25, 0.3) is 0 Å². The largest absolute Gasteiger partial charge is 0.477 e. The molecule has 8 heteroatoms. The zero-order valence-corrected chi connectivity index (χ0v) is 9.90. The molecule has 2 heterocycles. The van der Waals surface area contributed by atoms with Crippen molar-refractivity contribution in [3.8, 4) is 0 Å². The first-order valence-corrected chi connectivity index (χ1v) is 5.71. The van der Waals surface area contributed by atoms with Crippen molar-refractivity contribution in [3.05, 3.63) is 10.6 Å². The zero-order chi connectivity index (χ0) is 12.0. The van der Waals surface area contributed by atoms with E-state index in [1.807, 2.05) is 0 Å². The monoisotopic (exact) mass is 262 g/mol. The number of carbonyl (C=O) groups excluding carboxylic acids is 1. The van der Waals surface area contributed by atoms with E-state index in [0.717, 1.165) is 0 Å². The van der Waals surface area contributed by atoms with Crippen molar-refractivity contribution in [3.63, 3.8) is 0 Å². The molecule has 0 bridgehead atoms. The number of nitrogens with two attached hydrogens (primary N) is 1. The molecule has 0 aromatic rings. The molecule has 0 radical (unpaired) electrons. The highest BCUT2D eigenvalue weighted by Gasteiger charge is 2.57. The highest BCUT2D eigenvalue weighted by Crippen LogP contribution is 2.49. The van der Waals surface area contributed by atoms with Gasteiger partial charge in [-0.2, -0.15) is 0 Å². The molecule has 2 aliphatic rings. The summed E-state index contributed by atoms with van der Waals surface area (Å²) in [5.41, 5.74) is 5.41. The van der Waals surface area contributed by atoms with Crippen LogP contribution in [0.2, 0.25) is 0 Å². The Balaban J connectivity index is 0.00000144. The number of thioether (sulfide) groups is 1. The number of hydrogen-bond donors (Lipinski definition) is 3. The lowest BCUT2D eigenvalue weighted by atomic mass is 9.92. The van der Waals surface area contributed by atoms with E-state index in [-0.39, 0.29) is 29.0 Å². The van der Waals surface area contributed by atoms with Crippen LogP contribution in [-0.4, -0.2) is 50.5 Å². The van der Waals surface area contributed by atoms with E-state index in [1.165, 1.54) is 23.6 Å². The van der Waals surface area contributed by atoms with Crippen molar-refractivity contribution < 1.29 is 25.3 Å². The molecule has 1 fully saturated rings. The standard InChI is InChI=1S/C9H12N2O4S.H2O/c1-3(12)5-7(13)11-6(9(14)15)4(2-10)16-8(5)11;/h3,5,8,12H,2,10H2,1H3,(H,14,15);1H2/t3-,5+,8-;/m1./s1. The maximum absolute atomic E-state index is 11.7. The smallest absolute Gasteiger partial charge is 0.353 e. The number of rotatable bonds is 3. The van der Waals surface area contributed by atoms with Crippen molar-refractivity contribution in [2.24, 2.45) is 11.7 Å². The molecule has 0 aliphatic carbocycles. The van der Waals surface area contributed by atoms with Gasteiger partial charge in [0.05, 0.1) is 12.0 Å². The number of fused-ring (bicyclic) bond motifs is 1. The predicted molar refractivity (Wildman–Crippen MR) is 60.7 cm³/mol. The number of carboxylic acid groups (broad SMARTS) is 1. The molecule has 17 heavy (non-hydrogen) atoms. The van der Waals surface area contributed by atoms with Gasteiger partial charge in [0.1, 0.15) is 11.1 Å². The van der Waals surface area contributed by atoms with E-state index in [1.54, 1.807) is 0 Å². The van der Waals surface area contributed by atoms with Gasteiger partial charge in [-0.3, -0.25) is 9.69 Å². The normalized spacial score (nSPS) is 28.4. The van der Waals surface area contributed by atoms with Crippen LogP contribution >= 0.6 is 11.8 Å². The van der Waals surface area contributed by atoms with Crippen molar-refractivity contribution in [1.82, 2.24) is 4.90 Å². The Morgan fingerprint density at radius 3 is 2.65 bits per heavy atom. The number of amides is 1. The fourth-order valence-corrected chi connectivity index (χ4v) is 3.49. The van der Waals surface area contributed by atoms with Gasteiger partial charge in [-0.05, 0) is 6.92 Å². The van der Waals surface area contributed by atoms with Crippen LogP contribution in [0.15, 0.2) is 10.6 Å². The molecule has 7 nitrogen and oxygen atoms in total. The van der Waals surface area contributed by atoms with Crippen molar-refractivity contribution >= 4 is 23.6 Å². The molecule has 2 rings (SSSR count). The minimum absolute atomic E-state index is 0. The molecular formula is C9H14N2O5S. The number of β-lactam (4-membered cyclic amide) rings is 1. The van der Waals surface area contributed by atoms with E-state index in [9.17, 15) is 14.7 Å². The fourth-order valence-electron chi connectivity index (χ4n) is 2.00. The molecule has 0 unspecified atom stereocenters. The average molecular weight is 262 g/mol. The van der Waals surface area contributed by atoms with Gasteiger partial charge in [-0.15, -0.1) is 11.8 Å². The van der Waals surface area contributed by atoms with E-state index in [0.29, 0.717) is 4.91 Å². The van der Waals surface area contributed by atoms with E-state index in [4.69, 9.17) is 10.8 Å². The summed E-state index contributed by atoms with van der Waals surface area (Å²) < 4.78 is 0. The number of aliphatic carboxylic acids is 1. The molecule has 0 saturated carbocycles. The van der Waals surface area contributed by atoms with Crippen molar-refractivity contribution in [2.45, 2.75) is 18.4 Å². The first-order valence-electron chi connectivity index (χ1n) is 4.83. The first-order chi connectivity index (χ1) is 7.49. The molecule has 0 aromatic heterocycles. The van der Waals surface area contributed by atoms with Gasteiger partial charge in [0, 0.05) is 11.4 Å². The SMILES string of the molecule is C[C@@H](O)[C@H]1C(=O)N2C(C(=O)O)=C(CN)S[C@H]12.O. The van der Waals surface area contributed by atoms with Crippen LogP contribution in [-0.2, 0) is 9.59 Å². The Morgan fingerprint density at radius 2 is 2.24 bits per heavy atom. The third-order valence-corrected chi connectivity index (χ3v) is 4.15. The third-order valence-electron chi connectivity index (χ3n) is 2.76. The maximum Gasteiger partial charge on any atom is 0.353 e. The summed E-state index contributed by atoms with van der Waals surface area (Å²) in [6.07, 6.45) is -0.770. The zero-order valence-electron chi connectivity index (χ0n) is 9.08. The lowest BCUT2D eigenvalue weighted by Gasteiger charge is -2.43. The molecule has 2 aliphatic heterocycles. The summed E-state index contributed by atoms with van der Waals surface area (Å²) in [5, 5.41) is 18.1. The molecule has 3 atom stereocenters. The minimum atomic E-state index is -1.15. The van der Waals surface area contributed by atoms with Gasteiger partial charge in [-0.25, -0.2) is 4.79 Å². The molecule has 6 N–H and O–H groups in total. The average Bonchev–Trinajstić information content (AvgIpc) is 2.51. The van der Waals surface area contributed by atoms with E-state index in [2.05, 4.69) is 0 Å². The Kier molecular flexibility index (Phi) is 3.82. The number of carbonyl (C=O) groups is 2. The van der Waals surface area contributed by atoms with E-state index < -0.39 is 18.0 Å². The Bertz CT molecular complexity index is 395. The Hall–Kier alpha value is -1.09. The number of aliphatic hydroxyl groups is 1. The first kappa shape index (κ1) is 14.0. The summed E-state index contributed by atoms with van der Waals surface area (Å²) in [5.74, 6) is -2.01. The number of aliphatic hydroxyl groups excluding tert-OH is 1. The van der Waals surface area contributed by atoms with E-state index >= 15 is 0 Å². The molecule has 1 saturated heterocycles. The lowest BCUT2D eigenvalue weighted by molar-refractivity contribution is -0.156. The van der Waals surface area contributed by atoms with Crippen molar-refractivity contribution in [2.75, 3.05) is 6.54 Å². The molecular weight excluding hydrogens is 248 g/mol. The quantitative estimate of drug-likeness (QED) is 0.520. The molecule has 1 amide bonds. The van der Waals surface area contributed by atoms with Crippen molar-refractivity contribution in [1.29, 1.82) is 0 Å².